The minimum absolute atomic E-state index is 0.0946. The summed E-state index contributed by atoms with van der Waals surface area (Å²) in [6.07, 6.45) is 5.20. The summed E-state index contributed by atoms with van der Waals surface area (Å²) in [5, 5.41) is 8.73. The second kappa shape index (κ2) is 5.77. The molecule has 6 nitrogen and oxygen atoms in total. The molecule has 2 rings (SSSR count). The van der Waals surface area contributed by atoms with Crippen LogP contribution in [0.1, 0.15) is 23.2 Å². The average Bonchev–Trinajstić information content (AvgIpc) is 3.18. The number of carbonyl (C=O) groups is 1. The van der Waals surface area contributed by atoms with Crippen molar-refractivity contribution in [2.75, 3.05) is 31.7 Å². The molecule has 1 heterocycles. The van der Waals surface area contributed by atoms with E-state index in [0.29, 0.717) is 19.1 Å². The first-order valence-corrected chi connectivity index (χ1v) is 6.01. The third-order valence-electron chi connectivity index (χ3n) is 2.85. The van der Waals surface area contributed by atoms with Gasteiger partial charge in [0.15, 0.2) is 0 Å². The predicted octanol–water partition coefficient (Wildman–Crippen LogP) is 1.04. The van der Waals surface area contributed by atoms with Crippen molar-refractivity contribution in [3.05, 3.63) is 18.0 Å². The van der Waals surface area contributed by atoms with Crippen LogP contribution in [0.25, 0.3) is 0 Å². The van der Waals surface area contributed by atoms with Crippen molar-refractivity contribution in [1.29, 1.82) is 0 Å². The highest BCUT2D eigenvalue weighted by Gasteiger charge is 2.21. The van der Waals surface area contributed by atoms with Crippen LogP contribution in [0, 0.1) is 5.92 Å². The van der Waals surface area contributed by atoms with E-state index in [-0.39, 0.29) is 5.56 Å². The number of ether oxygens (including phenoxy) is 1. The summed E-state index contributed by atoms with van der Waals surface area (Å²) < 4.78 is 5.52. The van der Waals surface area contributed by atoms with E-state index >= 15 is 0 Å². The summed E-state index contributed by atoms with van der Waals surface area (Å²) in [4.78, 5) is 20.5. The first-order valence-electron chi connectivity index (χ1n) is 6.01. The minimum Gasteiger partial charge on any atom is -0.478 e. The van der Waals surface area contributed by atoms with E-state index in [0.717, 1.165) is 12.5 Å². The minimum atomic E-state index is -1.02. The lowest BCUT2D eigenvalue weighted by atomic mass is 10.3. The first kappa shape index (κ1) is 12.8. The predicted molar refractivity (Wildman–Crippen MR) is 65.8 cm³/mol. The molecule has 0 unspecified atom stereocenters. The molecule has 0 bridgehead atoms. The number of hydrogen-bond donors (Lipinski definition) is 1. The third kappa shape index (κ3) is 3.66. The Morgan fingerprint density at radius 2 is 2.17 bits per heavy atom. The quantitative estimate of drug-likeness (QED) is 0.730. The summed E-state index contributed by atoms with van der Waals surface area (Å²) >= 11 is 0. The van der Waals surface area contributed by atoms with Crippen molar-refractivity contribution >= 4 is 11.9 Å². The fourth-order valence-electron chi connectivity index (χ4n) is 1.46. The van der Waals surface area contributed by atoms with E-state index in [1.807, 2.05) is 11.9 Å². The summed E-state index contributed by atoms with van der Waals surface area (Å²) in [5.74, 6) is 0.258. The molecule has 0 aliphatic heterocycles. The standard InChI is InChI=1S/C12H17N3O3/c1-15(4-5-18-8-9-2-3-9)12-13-6-10(7-14-12)11(16)17/h6-7,9H,2-5,8H2,1H3,(H,16,17). The second-order valence-electron chi connectivity index (χ2n) is 4.52. The Morgan fingerprint density at radius 3 is 2.72 bits per heavy atom. The van der Waals surface area contributed by atoms with Crippen LogP contribution in [-0.4, -0.2) is 47.8 Å². The van der Waals surface area contributed by atoms with Gasteiger partial charge in [-0.05, 0) is 18.8 Å². The zero-order chi connectivity index (χ0) is 13.0. The van der Waals surface area contributed by atoms with Gasteiger partial charge in [0.05, 0.1) is 12.2 Å². The maximum atomic E-state index is 10.6. The molecular weight excluding hydrogens is 234 g/mol. The van der Waals surface area contributed by atoms with Crippen LogP contribution < -0.4 is 4.90 Å². The zero-order valence-electron chi connectivity index (χ0n) is 10.4. The number of likely N-dealkylation sites (N-methyl/N-ethyl adjacent to an activating group) is 1. The summed E-state index contributed by atoms with van der Waals surface area (Å²) in [6.45, 7) is 2.17. The highest BCUT2D eigenvalue weighted by molar-refractivity contribution is 5.86. The lowest BCUT2D eigenvalue weighted by molar-refractivity contribution is 0.0696. The Hall–Kier alpha value is -1.69. The van der Waals surface area contributed by atoms with Gasteiger partial charge in [0.25, 0.3) is 0 Å². The number of anilines is 1. The topological polar surface area (TPSA) is 75.5 Å². The molecule has 1 aliphatic carbocycles. The van der Waals surface area contributed by atoms with Crippen LogP contribution in [0.15, 0.2) is 12.4 Å². The fourth-order valence-corrected chi connectivity index (χ4v) is 1.46. The Morgan fingerprint density at radius 1 is 1.50 bits per heavy atom. The van der Waals surface area contributed by atoms with Crippen LogP contribution in [0.5, 0.6) is 0 Å². The van der Waals surface area contributed by atoms with E-state index in [2.05, 4.69) is 9.97 Å². The van der Waals surface area contributed by atoms with Gasteiger partial charge in [-0.25, -0.2) is 14.8 Å². The molecule has 0 atom stereocenters. The van der Waals surface area contributed by atoms with Crippen LogP contribution >= 0.6 is 0 Å². The number of rotatable bonds is 7. The lowest BCUT2D eigenvalue weighted by Crippen LogP contribution is -2.25. The smallest absolute Gasteiger partial charge is 0.338 e. The molecule has 18 heavy (non-hydrogen) atoms. The number of aromatic nitrogens is 2. The van der Waals surface area contributed by atoms with Crippen LogP contribution in [0.2, 0.25) is 0 Å². The molecule has 0 saturated heterocycles. The Bertz CT molecular complexity index is 404. The summed E-state index contributed by atoms with van der Waals surface area (Å²) in [7, 11) is 1.86. The Labute approximate surface area is 106 Å². The summed E-state index contributed by atoms with van der Waals surface area (Å²) in [6, 6.07) is 0. The molecule has 98 valence electrons. The van der Waals surface area contributed by atoms with Gasteiger partial charge in [-0.1, -0.05) is 0 Å². The molecular formula is C12H17N3O3. The van der Waals surface area contributed by atoms with Gasteiger partial charge in [0.2, 0.25) is 5.95 Å². The molecule has 1 aromatic heterocycles. The third-order valence-corrected chi connectivity index (χ3v) is 2.85. The normalized spacial score (nSPS) is 14.5. The molecule has 0 radical (unpaired) electrons. The van der Waals surface area contributed by atoms with Crippen molar-refractivity contribution < 1.29 is 14.6 Å². The average molecular weight is 251 g/mol. The second-order valence-corrected chi connectivity index (χ2v) is 4.52. The molecule has 0 amide bonds. The van der Waals surface area contributed by atoms with Crippen molar-refractivity contribution in [3.8, 4) is 0 Å². The van der Waals surface area contributed by atoms with Gasteiger partial charge in [-0.3, -0.25) is 0 Å². The van der Waals surface area contributed by atoms with Gasteiger partial charge in [-0.2, -0.15) is 0 Å². The van der Waals surface area contributed by atoms with Gasteiger partial charge in [0.1, 0.15) is 0 Å². The van der Waals surface area contributed by atoms with E-state index in [1.165, 1.54) is 25.2 Å². The van der Waals surface area contributed by atoms with Gasteiger partial charge in [0, 0.05) is 32.6 Å². The molecule has 1 aliphatic rings. The number of carboxylic acid groups (broad SMARTS) is 1. The first-order chi connectivity index (χ1) is 8.66. The van der Waals surface area contributed by atoms with Crippen LogP contribution in [-0.2, 0) is 4.74 Å². The van der Waals surface area contributed by atoms with E-state index in [9.17, 15) is 4.79 Å². The Kier molecular flexibility index (Phi) is 4.09. The maximum Gasteiger partial charge on any atom is 0.338 e. The zero-order valence-corrected chi connectivity index (χ0v) is 10.4. The summed E-state index contributed by atoms with van der Waals surface area (Å²) in [5.41, 5.74) is 0.0946. The number of carboxylic acids is 1. The largest absolute Gasteiger partial charge is 0.478 e. The van der Waals surface area contributed by atoms with Crippen molar-refractivity contribution in [2.24, 2.45) is 5.92 Å². The molecule has 1 fully saturated rings. The van der Waals surface area contributed by atoms with Crippen molar-refractivity contribution in [1.82, 2.24) is 9.97 Å². The highest BCUT2D eigenvalue weighted by atomic mass is 16.5. The molecule has 1 saturated carbocycles. The number of nitrogens with zero attached hydrogens (tertiary/aromatic N) is 3. The van der Waals surface area contributed by atoms with Crippen LogP contribution in [0.3, 0.4) is 0 Å². The van der Waals surface area contributed by atoms with Gasteiger partial charge in [-0.15, -0.1) is 0 Å². The molecule has 0 spiro atoms. The molecule has 1 aromatic rings. The maximum absolute atomic E-state index is 10.6. The molecule has 0 aromatic carbocycles. The van der Waals surface area contributed by atoms with E-state index < -0.39 is 5.97 Å². The monoisotopic (exact) mass is 251 g/mol. The molecule has 6 heteroatoms. The Balaban J connectivity index is 1.76. The van der Waals surface area contributed by atoms with Crippen molar-refractivity contribution in [2.45, 2.75) is 12.8 Å². The van der Waals surface area contributed by atoms with Crippen LogP contribution in [0.4, 0.5) is 5.95 Å². The number of hydrogen-bond acceptors (Lipinski definition) is 5. The SMILES string of the molecule is CN(CCOCC1CC1)c1ncc(C(=O)O)cn1. The van der Waals surface area contributed by atoms with Gasteiger partial charge < -0.3 is 14.7 Å². The highest BCUT2D eigenvalue weighted by Crippen LogP contribution is 2.28. The lowest BCUT2D eigenvalue weighted by Gasteiger charge is -2.16. The van der Waals surface area contributed by atoms with Crippen molar-refractivity contribution in [3.63, 3.8) is 0 Å². The number of aromatic carboxylic acids is 1. The fraction of sp³-hybridized carbons (Fsp3) is 0.583. The molecule has 1 N–H and O–H groups in total. The van der Waals surface area contributed by atoms with E-state index in [4.69, 9.17) is 9.84 Å². The van der Waals surface area contributed by atoms with Gasteiger partial charge >= 0.3 is 5.97 Å². The van der Waals surface area contributed by atoms with E-state index in [1.54, 1.807) is 0 Å².